The Bertz CT molecular complexity index is 851. The number of aromatic nitrogens is 1. The molecule has 156 valence electrons. The number of H-pyrrole nitrogens is 1. The monoisotopic (exact) mass is 396 g/mol. The minimum absolute atomic E-state index is 0.000643. The number of rotatable bonds is 7. The van der Waals surface area contributed by atoms with Crippen LogP contribution < -0.4 is 10.2 Å². The molecule has 3 rings (SSSR count). The Kier molecular flexibility index (Phi) is 6.75. The van der Waals surface area contributed by atoms with Gasteiger partial charge in [0.15, 0.2) is 5.78 Å². The predicted octanol–water partition coefficient (Wildman–Crippen LogP) is 3.03. The highest BCUT2D eigenvalue weighted by Gasteiger charge is 2.24. The predicted molar refractivity (Wildman–Crippen MR) is 117 cm³/mol. The smallest absolute Gasteiger partial charge is 0.268 e. The Morgan fingerprint density at radius 3 is 2.38 bits per heavy atom. The Labute approximate surface area is 173 Å². The highest BCUT2D eigenvalue weighted by molar-refractivity contribution is 6.02. The zero-order valence-electron chi connectivity index (χ0n) is 17.9. The summed E-state index contributed by atoms with van der Waals surface area (Å²) < 4.78 is 0. The molecule has 1 atom stereocenters. The van der Waals surface area contributed by atoms with Crippen LogP contribution in [0.25, 0.3) is 0 Å². The first kappa shape index (κ1) is 21.1. The molecule has 1 amide bonds. The van der Waals surface area contributed by atoms with Crippen molar-refractivity contribution in [1.29, 1.82) is 0 Å². The number of carbonyl (C=O) groups is 2. The molecule has 1 aliphatic heterocycles. The molecule has 29 heavy (non-hydrogen) atoms. The van der Waals surface area contributed by atoms with E-state index in [9.17, 15) is 9.59 Å². The summed E-state index contributed by atoms with van der Waals surface area (Å²) in [4.78, 5) is 32.6. The van der Waals surface area contributed by atoms with Crippen LogP contribution >= 0.6 is 0 Å². The van der Waals surface area contributed by atoms with E-state index in [0.29, 0.717) is 24.2 Å². The van der Waals surface area contributed by atoms with Crippen molar-refractivity contribution < 1.29 is 9.59 Å². The summed E-state index contributed by atoms with van der Waals surface area (Å²) in [6, 6.07) is 10.7. The van der Waals surface area contributed by atoms with Crippen molar-refractivity contribution in [2.75, 3.05) is 37.6 Å². The van der Waals surface area contributed by atoms with Gasteiger partial charge in [0.2, 0.25) is 0 Å². The van der Waals surface area contributed by atoms with Crippen molar-refractivity contribution in [2.24, 2.45) is 0 Å². The summed E-state index contributed by atoms with van der Waals surface area (Å²) in [5, 5.41) is 3.06. The molecule has 1 fully saturated rings. The van der Waals surface area contributed by atoms with Crippen LogP contribution in [0.5, 0.6) is 0 Å². The molecule has 0 aliphatic carbocycles. The number of Topliss-reactive ketones (excluding diaryl/α,β-unsaturated/α-hetero) is 1. The zero-order chi connectivity index (χ0) is 21.0. The first-order valence-electron chi connectivity index (χ1n) is 10.5. The zero-order valence-corrected chi connectivity index (χ0v) is 17.9. The van der Waals surface area contributed by atoms with Crippen LogP contribution in [0.4, 0.5) is 5.69 Å². The molecule has 1 aromatic heterocycles. The van der Waals surface area contributed by atoms with Crippen LogP contribution in [0.1, 0.15) is 52.9 Å². The number of aromatic amines is 1. The van der Waals surface area contributed by atoms with Crippen LogP contribution in [0.15, 0.2) is 30.3 Å². The van der Waals surface area contributed by atoms with E-state index >= 15 is 0 Å². The standard InChI is InChI=1S/C23H32N4O2/c1-5-20-21(18(4)28)17(3)25-22(20)23(29)24-15-16(2)26-11-13-27(14-12-26)19-9-7-6-8-10-19/h6-10,16,25H,5,11-15H2,1-4H3,(H,24,29). The number of nitrogens with one attached hydrogen (secondary N) is 2. The number of aryl methyl sites for hydroxylation is 1. The molecule has 1 saturated heterocycles. The number of para-hydroxylation sites is 1. The van der Waals surface area contributed by atoms with E-state index in [4.69, 9.17) is 0 Å². The summed E-state index contributed by atoms with van der Waals surface area (Å²) in [5.41, 5.74) is 4.03. The van der Waals surface area contributed by atoms with E-state index in [0.717, 1.165) is 37.4 Å². The van der Waals surface area contributed by atoms with Gasteiger partial charge >= 0.3 is 0 Å². The number of piperazine rings is 1. The Morgan fingerprint density at radius 2 is 1.79 bits per heavy atom. The normalized spacial score (nSPS) is 15.9. The Hall–Kier alpha value is -2.60. The molecule has 6 heteroatoms. The number of anilines is 1. The second kappa shape index (κ2) is 9.27. The summed E-state index contributed by atoms with van der Waals surface area (Å²) in [5.74, 6) is -0.133. The maximum Gasteiger partial charge on any atom is 0.268 e. The first-order chi connectivity index (χ1) is 13.9. The molecule has 2 heterocycles. The van der Waals surface area contributed by atoms with Gasteiger partial charge in [0.05, 0.1) is 0 Å². The Balaban J connectivity index is 1.55. The van der Waals surface area contributed by atoms with Crippen molar-refractivity contribution >= 4 is 17.4 Å². The summed E-state index contributed by atoms with van der Waals surface area (Å²) >= 11 is 0. The van der Waals surface area contributed by atoms with E-state index in [1.807, 2.05) is 19.9 Å². The van der Waals surface area contributed by atoms with Gasteiger partial charge in [-0.2, -0.15) is 0 Å². The lowest BCUT2D eigenvalue weighted by molar-refractivity contribution is 0.0928. The fraction of sp³-hybridized carbons (Fsp3) is 0.478. The molecule has 1 aliphatic rings. The topological polar surface area (TPSA) is 68.4 Å². The fourth-order valence-corrected chi connectivity index (χ4v) is 4.22. The minimum Gasteiger partial charge on any atom is -0.369 e. The molecule has 0 spiro atoms. The molecule has 2 aromatic rings. The minimum atomic E-state index is -0.132. The van der Waals surface area contributed by atoms with Crippen LogP contribution in [-0.2, 0) is 6.42 Å². The molecule has 0 bridgehead atoms. The van der Waals surface area contributed by atoms with Gasteiger partial charge in [-0.1, -0.05) is 25.1 Å². The average molecular weight is 397 g/mol. The Morgan fingerprint density at radius 1 is 1.14 bits per heavy atom. The number of hydrogen-bond donors (Lipinski definition) is 2. The molecular weight excluding hydrogens is 364 g/mol. The lowest BCUT2D eigenvalue weighted by atomic mass is 10.0. The van der Waals surface area contributed by atoms with E-state index in [1.165, 1.54) is 5.69 Å². The molecule has 2 N–H and O–H groups in total. The number of amides is 1. The van der Waals surface area contributed by atoms with Gasteiger partial charge in [-0.25, -0.2) is 0 Å². The van der Waals surface area contributed by atoms with E-state index < -0.39 is 0 Å². The largest absolute Gasteiger partial charge is 0.369 e. The van der Waals surface area contributed by atoms with Gasteiger partial charge < -0.3 is 15.2 Å². The molecule has 0 saturated carbocycles. The number of hydrogen-bond acceptors (Lipinski definition) is 4. The summed E-state index contributed by atoms with van der Waals surface area (Å²) in [7, 11) is 0. The second-order valence-electron chi connectivity index (χ2n) is 7.81. The van der Waals surface area contributed by atoms with Crippen molar-refractivity contribution in [2.45, 2.75) is 40.2 Å². The average Bonchev–Trinajstić information content (AvgIpc) is 3.09. The van der Waals surface area contributed by atoms with Gasteiger partial charge in [0.25, 0.3) is 5.91 Å². The number of carbonyl (C=O) groups excluding carboxylic acids is 2. The SMILES string of the molecule is CCc1c(C(=O)NCC(C)N2CCN(c3ccccc3)CC2)[nH]c(C)c1C(C)=O. The number of nitrogens with zero attached hydrogens (tertiary/aromatic N) is 2. The van der Waals surface area contributed by atoms with Gasteiger partial charge in [-0.3, -0.25) is 14.5 Å². The van der Waals surface area contributed by atoms with Crippen molar-refractivity contribution in [3.05, 3.63) is 52.8 Å². The number of benzene rings is 1. The van der Waals surface area contributed by atoms with Crippen LogP contribution in [0.2, 0.25) is 0 Å². The second-order valence-corrected chi connectivity index (χ2v) is 7.81. The quantitative estimate of drug-likeness (QED) is 0.706. The third kappa shape index (κ3) is 4.70. The van der Waals surface area contributed by atoms with Gasteiger partial charge in [-0.15, -0.1) is 0 Å². The highest BCUT2D eigenvalue weighted by atomic mass is 16.2. The van der Waals surface area contributed by atoms with Gasteiger partial charge in [-0.05, 0) is 44.9 Å². The molecule has 1 unspecified atom stereocenters. The van der Waals surface area contributed by atoms with Crippen LogP contribution in [0, 0.1) is 6.92 Å². The molecule has 0 radical (unpaired) electrons. The van der Waals surface area contributed by atoms with Crippen molar-refractivity contribution in [3.8, 4) is 0 Å². The maximum absolute atomic E-state index is 12.8. The summed E-state index contributed by atoms with van der Waals surface area (Å²) in [6.45, 7) is 12.0. The van der Waals surface area contributed by atoms with Crippen molar-refractivity contribution in [3.63, 3.8) is 0 Å². The van der Waals surface area contributed by atoms with E-state index in [2.05, 4.69) is 51.3 Å². The molecule has 6 nitrogen and oxygen atoms in total. The lowest BCUT2D eigenvalue weighted by Crippen LogP contribution is -2.52. The number of ketones is 1. The third-order valence-electron chi connectivity index (χ3n) is 5.84. The third-order valence-corrected chi connectivity index (χ3v) is 5.84. The lowest BCUT2D eigenvalue weighted by Gasteiger charge is -2.39. The highest BCUT2D eigenvalue weighted by Crippen LogP contribution is 2.20. The maximum atomic E-state index is 12.8. The van der Waals surface area contributed by atoms with E-state index in [1.54, 1.807) is 6.92 Å². The van der Waals surface area contributed by atoms with Crippen LogP contribution in [0.3, 0.4) is 0 Å². The molecule has 1 aromatic carbocycles. The van der Waals surface area contributed by atoms with E-state index in [-0.39, 0.29) is 17.7 Å². The van der Waals surface area contributed by atoms with Gasteiger partial charge in [0.1, 0.15) is 5.69 Å². The van der Waals surface area contributed by atoms with Crippen LogP contribution in [-0.4, -0.2) is 60.3 Å². The molecular formula is C23H32N4O2. The summed E-state index contributed by atoms with van der Waals surface area (Å²) in [6.07, 6.45) is 0.652. The van der Waals surface area contributed by atoms with Crippen molar-refractivity contribution in [1.82, 2.24) is 15.2 Å². The fourth-order valence-electron chi connectivity index (χ4n) is 4.22. The van der Waals surface area contributed by atoms with Gasteiger partial charge in [0, 0.05) is 55.7 Å². The first-order valence-corrected chi connectivity index (χ1v) is 10.5.